The number of aryl methyl sites for hydroxylation is 4. The zero-order chi connectivity index (χ0) is 19.6. The van der Waals surface area contributed by atoms with Crippen molar-refractivity contribution in [3.8, 4) is 11.6 Å². The molecule has 7 nitrogen and oxygen atoms in total. The van der Waals surface area contributed by atoms with Crippen LogP contribution in [0.15, 0.2) is 30.6 Å². The molecule has 0 fully saturated rings. The summed E-state index contributed by atoms with van der Waals surface area (Å²) in [5, 5.41) is 7.78. The minimum atomic E-state index is -0.321. The third-order valence-corrected chi connectivity index (χ3v) is 4.52. The lowest BCUT2D eigenvalue weighted by molar-refractivity contribution is -0.118. The van der Waals surface area contributed by atoms with Gasteiger partial charge in [-0.2, -0.15) is 5.10 Å². The van der Waals surface area contributed by atoms with Crippen molar-refractivity contribution >= 4 is 23.3 Å². The topological polar surface area (TPSA) is 81.9 Å². The Hall–Kier alpha value is -2.93. The van der Waals surface area contributed by atoms with Gasteiger partial charge in [-0.1, -0.05) is 11.6 Å². The lowest BCUT2D eigenvalue weighted by Gasteiger charge is -2.10. The highest BCUT2D eigenvalue weighted by atomic mass is 35.5. The van der Waals surface area contributed by atoms with E-state index in [1.54, 1.807) is 22.9 Å². The summed E-state index contributed by atoms with van der Waals surface area (Å²) in [7, 11) is 0. The van der Waals surface area contributed by atoms with E-state index in [2.05, 4.69) is 20.4 Å². The van der Waals surface area contributed by atoms with E-state index in [-0.39, 0.29) is 12.5 Å². The molecule has 2 heterocycles. The molecule has 0 aliphatic rings. The van der Waals surface area contributed by atoms with Gasteiger partial charge in [0.25, 0.3) is 5.91 Å². The Kier molecular flexibility index (Phi) is 5.41. The maximum Gasteiger partial charge on any atom is 0.263 e. The van der Waals surface area contributed by atoms with E-state index >= 15 is 0 Å². The second kappa shape index (κ2) is 7.75. The summed E-state index contributed by atoms with van der Waals surface area (Å²) in [5.41, 5.74) is 3.63. The van der Waals surface area contributed by atoms with Gasteiger partial charge in [0.2, 0.25) is 0 Å². The van der Waals surface area contributed by atoms with E-state index < -0.39 is 0 Å². The highest BCUT2D eigenvalue weighted by Crippen LogP contribution is 2.25. The van der Waals surface area contributed by atoms with Gasteiger partial charge in [0.1, 0.15) is 17.9 Å². The number of nitrogens with zero attached hydrogens (tertiary/aromatic N) is 4. The lowest BCUT2D eigenvalue weighted by atomic mass is 10.1. The van der Waals surface area contributed by atoms with Crippen molar-refractivity contribution in [1.29, 1.82) is 0 Å². The highest BCUT2D eigenvalue weighted by molar-refractivity contribution is 6.32. The summed E-state index contributed by atoms with van der Waals surface area (Å²) < 4.78 is 7.26. The van der Waals surface area contributed by atoms with Crippen LogP contribution in [0.4, 0.5) is 5.82 Å². The molecule has 0 bridgehead atoms. The second-order valence-corrected chi connectivity index (χ2v) is 6.69. The molecule has 0 saturated carbocycles. The van der Waals surface area contributed by atoms with Crippen LogP contribution in [0.3, 0.4) is 0 Å². The van der Waals surface area contributed by atoms with Gasteiger partial charge in [0.05, 0.1) is 5.69 Å². The SMILES string of the molecule is Cc1cc(C)n(-c2cc(NC(=O)COc3cc(C)c(Cl)c(C)c3)ncn2)n1. The Morgan fingerprint density at radius 3 is 2.44 bits per heavy atom. The van der Waals surface area contributed by atoms with E-state index in [4.69, 9.17) is 16.3 Å². The molecular weight excluding hydrogens is 366 g/mol. The number of carbonyl (C=O) groups is 1. The van der Waals surface area contributed by atoms with E-state index in [0.717, 1.165) is 22.5 Å². The van der Waals surface area contributed by atoms with Gasteiger partial charge in [0.15, 0.2) is 12.4 Å². The fourth-order valence-electron chi connectivity index (χ4n) is 2.71. The quantitative estimate of drug-likeness (QED) is 0.726. The maximum atomic E-state index is 12.2. The molecule has 27 heavy (non-hydrogen) atoms. The maximum absolute atomic E-state index is 12.2. The van der Waals surface area contributed by atoms with Crippen molar-refractivity contribution in [3.05, 3.63) is 58.1 Å². The number of halogens is 1. The fourth-order valence-corrected chi connectivity index (χ4v) is 2.82. The monoisotopic (exact) mass is 385 g/mol. The van der Waals surface area contributed by atoms with Crippen LogP contribution < -0.4 is 10.1 Å². The first kappa shape index (κ1) is 18.8. The minimum Gasteiger partial charge on any atom is -0.484 e. The first-order chi connectivity index (χ1) is 12.8. The molecule has 0 radical (unpaired) electrons. The predicted octanol–water partition coefficient (Wildman–Crippen LogP) is 3.57. The molecule has 0 aliphatic heterocycles. The number of hydrogen-bond donors (Lipinski definition) is 1. The Labute approximate surface area is 162 Å². The number of amides is 1. The van der Waals surface area contributed by atoms with E-state index in [1.165, 1.54) is 6.33 Å². The highest BCUT2D eigenvalue weighted by Gasteiger charge is 2.10. The molecule has 3 rings (SSSR count). The molecule has 0 atom stereocenters. The molecule has 8 heteroatoms. The molecular formula is C19H20ClN5O2. The van der Waals surface area contributed by atoms with Crippen LogP contribution in [-0.4, -0.2) is 32.3 Å². The number of ether oxygens (including phenoxy) is 1. The van der Waals surface area contributed by atoms with Crippen LogP contribution in [-0.2, 0) is 4.79 Å². The van der Waals surface area contributed by atoms with E-state index in [9.17, 15) is 4.79 Å². The zero-order valence-corrected chi connectivity index (χ0v) is 16.3. The average Bonchev–Trinajstić information content (AvgIpc) is 2.96. The van der Waals surface area contributed by atoms with Gasteiger partial charge in [-0.05, 0) is 57.0 Å². The Bertz CT molecular complexity index is 977. The number of hydrogen-bond acceptors (Lipinski definition) is 5. The largest absolute Gasteiger partial charge is 0.484 e. The van der Waals surface area contributed by atoms with Crippen molar-refractivity contribution in [1.82, 2.24) is 19.7 Å². The molecule has 1 N–H and O–H groups in total. The third-order valence-electron chi connectivity index (χ3n) is 3.93. The van der Waals surface area contributed by atoms with Gasteiger partial charge in [-0.25, -0.2) is 14.6 Å². The normalized spacial score (nSPS) is 10.7. The van der Waals surface area contributed by atoms with Gasteiger partial charge < -0.3 is 10.1 Å². The first-order valence-corrected chi connectivity index (χ1v) is 8.76. The van der Waals surface area contributed by atoms with Crippen molar-refractivity contribution in [2.45, 2.75) is 27.7 Å². The Morgan fingerprint density at radius 1 is 1.11 bits per heavy atom. The van der Waals surface area contributed by atoms with Gasteiger partial charge in [-0.15, -0.1) is 0 Å². The van der Waals surface area contributed by atoms with Crippen LogP contribution in [0, 0.1) is 27.7 Å². The molecule has 140 valence electrons. The molecule has 2 aromatic heterocycles. The minimum absolute atomic E-state index is 0.139. The summed E-state index contributed by atoms with van der Waals surface area (Å²) in [5.74, 6) is 1.23. The Morgan fingerprint density at radius 2 is 1.81 bits per heavy atom. The summed E-state index contributed by atoms with van der Waals surface area (Å²) >= 11 is 6.14. The van der Waals surface area contributed by atoms with Crippen molar-refractivity contribution in [2.24, 2.45) is 0 Å². The van der Waals surface area contributed by atoms with Gasteiger partial charge >= 0.3 is 0 Å². The number of aromatic nitrogens is 4. The van der Waals surface area contributed by atoms with Crippen LogP contribution in [0.2, 0.25) is 5.02 Å². The number of nitrogens with one attached hydrogen (secondary N) is 1. The first-order valence-electron chi connectivity index (χ1n) is 8.38. The summed E-state index contributed by atoms with van der Waals surface area (Å²) in [6, 6.07) is 7.21. The summed E-state index contributed by atoms with van der Waals surface area (Å²) in [6.45, 7) is 7.49. The standard InChI is InChI=1S/C19H20ClN5O2/c1-11-5-15(6-12(2)19(11)20)27-9-18(26)23-16-8-17(22-10-21-16)25-14(4)7-13(3)24-25/h5-8,10H,9H2,1-4H3,(H,21,22,23,26). The number of rotatable bonds is 5. The fraction of sp³-hybridized carbons (Fsp3) is 0.263. The molecule has 1 amide bonds. The number of benzene rings is 1. The van der Waals surface area contributed by atoms with Crippen molar-refractivity contribution in [3.63, 3.8) is 0 Å². The molecule has 3 aromatic rings. The van der Waals surface area contributed by atoms with Crippen molar-refractivity contribution < 1.29 is 9.53 Å². The molecule has 1 aromatic carbocycles. The smallest absolute Gasteiger partial charge is 0.263 e. The molecule has 0 spiro atoms. The van der Waals surface area contributed by atoms with E-state index in [1.807, 2.05) is 33.8 Å². The van der Waals surface area contributed by atoms with Crippen LogP contribution in [0.1, 0.15) is 22.5 Å². The zero-order valence-electron chi connectivity index (χ0n) is 15.6. The Balaban J connectivity index is 1.66. The number of anilines is 1. The van der Waals surface area contributed by atoms with Gasteiger partial charge in [0, 0.05) is 16.8 Å². The van der Waals surface area contributed by atoms with E-state index in [0.29, 0.717) is 22.4 Å². The lowest BCUT2D eigenvalue weighted by Crippen LogP contribution is -2.21. The molecule has 0 saturated heterocycles. The van der Waals surface area contributed by atoms with Crippen LogP contribution >= 0.6 is 11.6 Å². The summed E-state index contributed by atoms with van der Waals surface area (Å²) in [4.78, 5) is 20.5. The van der Waals surface area contributed by atoms with Crippen LogP contribution in [0.25, 0.3) is 5.82 Å². The van der Waals surface area contributed by atoms with Gasteiger partial charge in [-0.3, -0.25) is 4.79 Å². The summed E-state index contributed by atoms with van der Waals surface area (Å²) in [6.07, 6.45) is 1.38. The van der Waals surface area contributed by atoms with Crippen LogP contribution in [0.5, 0.6) is 5.75 Å². The molecule has 0 aliphatic carbocycles. The average molecular weight is 386 g/mol. The van der Waals surface area contributed by atoms with Crippen molar-refractivity contribution in [2.75, 3.05) is 11.9 Å². The predicted molar refractivity (Wildman–Crippen MR) is 104 cm³/mol. The number of carbonyl (C=O) groups excluding carboxylic acids is 1. The third kappa shape index (κ3) is 4.43. The second-order valence-electron chi connectivity index (χ2n) is 6.31. The molecule has 0 unspecified atom stereocenters.